The van der Waals surface area contributed by atoms with E-state index in [-0.39, 0.29) is 0 Å². The lowest BCUT2D eigenvalue weighted by Gasteiger charge is -2.03. The number of benzene rings is 1. The minimum absolute atomic E-state index is 0.806. The van der Waals surface area contributed by atoms with Gasteiger partial charge < -0.3 is 4.74 Å². The molecule has 1 radical (unpaired) electrons. The van der Waals surface area contributed by atoms with Crippen molar-refractivity contribution in [2.75, 3.05) is 7.11 Å². The fraction of sp³-hybridized carbons (Fsp3) is 0.0769. The van der Waals surface area contributed by atoms with Crippen molar-refractivity contribution in [1.29, 1.82) is 0 Å². The van der Waals surface area contributed by atoms with Crippen LogP contribution in [0.5, 0.6) is 5.75 Å². The quantitative estimate of drug-likeness (QED) is 0.832. The number of methoxy groups -OCH3 is 1. The largest absolute Gasteiger partial charge is 0.497 e. The van der Waals surface area contributed by atoms with Gasteiger partial charge in [-0.2, -0.15) is 0 Å². The van der Waals surface area contributed by atoms with Gasteiger partial charge in [0.05, 0.1) is 12.0 Å². The molecule has 1 aromatic heterocycles. The molecule has 2 heterocycles. The maximum Gasteiger partial charge on any atom is 0.133 e. The number of ether oxygens (including phenoxy) is 1. The summed E-state index contributed by atoms with van der Waals surface area (Å²) in [7, 11) is 1.65. The monoisotopic (exact) mass is 256 g/mol. The highest BCUT2D eigenvalue weighted by molar-refractivity contribution is 7.13. The Balaban J connectivity index is 1.94. The van der Waals surface area contributed by atoms with E-state index in [1.54, 1.807) is 18.4 Å². The summed E-state index contributed by atoms with van der Waals surface area (Å²) in [5.74, 6) is 0.823. The van der Waals surface area contributed by atoms with E-state index in [1.165, 1.54) is 0 Å². The van der Waals surface area contributed by atoms with Gasteiger partial charge in [0.1, 0.15) is 17.2 Å². The van der Waals surface area contributed by atoms with Crippen LogP contribution in [0.25, 0.3) is 0 Å². The van der Waals surface area contributed by atoms with Gasteiger partial charge in [0.15, 0.2) is 0 Å². The van der Waals surface area contributed by atoms with Gasteiger partial charge >= 0.3 is 0 Å². The van der Waals surface area contributed by atoms with Crippen LogP contribution in [0.15, 0.2) is 52.0 Å². The summed E-state index contributed by atoms with van der Waals surface area (Å²) in [5.41, 5.74) is 6.40. The second-order valence-electron chi connectivity index (χ2n) is 3.69. The van der Waals surface area contributed by atoms with Gasteiger partial charge in [0, 0.05) is 5.56 Å². The maximum atomic E-state index is 5.14. The van der Waals surface area contributed by atoms with Crippen molar-refractivity contribution in [2.24, 2.45) is 10.2 Å². The molecule has 0 fully saturated rings. The van der Waals surface area contributed by atoms with Gasteiger partial charge in [-0.15, -0.1) is 21.5 Å². The molecule has 0 bridgehead atoms. The van der Waals surface area contributed by atoms with Crippen molar-refractivity contribution >= 4 is 22.8 Å². The highest BCUT2D eigenvalue weighted by atomic mass is 32.1. The molecule has 1 aliphatic heterocycles. The Morgan fingerprint density at radius 1 is 1.00 bits per heavy atom. The van der Waals surface area contributed by atoms with Gasteiger partial charge in [0.25, 0.3) is 0 Å². The van der Waals surface area contributed by atoms with Crippen molar-refractivity contribution < 1.29 is 4.74 Å². The number of nitrogens with zero attached hydrogens (tertiary/aromatic N) is 3. The maximum absolute atomic E-state index is 5.14. The van der Waals surface area contributed by atoms with Crippen LogP contribution in [0, 0.1) is 0 Å². The minimum Gasteiger partial charge on any atom is -0.497 e. The third-order valence-electron chi connectivity index (χ3n) is 2.63. The first-order chi connectivity index (χ1) is 8.88. The average Bonchev–Trinajstić information content (AvgIpc) is 3.09. The fourth-order valence-electron chi connectivity index (χ4n) is 1.73. The molecule has 0 unspecified atom stereocenters. The molecule has 0 atom stereocenters. The minimum atomic E-state index is 0.806. The first-order valence-electron chi connectivity index (χ1n) is 5.43. The van der Waals surface area contributed by atoms with Gasteiger partial charge in [-0.25, -0.2) is 0 Å². The topological polar surface area (TPSA) is 48.0 Å². The molecule has 0 N–H and O–H groups in total. The van der Waals surface area contributed by atoms with Crippen LogP contribution in [-0.2, 0) is 0 Å². The van der Waals surface area contributed by atoms with Crippen LogP contribution in [0.3, 0.4) is 0 Å². The molecule has 0 saturated carbocycles. The molecule has 5 heteroatoms. The Hall–Kier alpha value is -2.14. The molecule has 2 aromatic rings. The lowest BCUT2D eigenvalue weighted by molar-refractivity contribution is 0.415. The Bertz CT molecular complexity index is 600. The average molecular weight is 256 g/mol. The number of thiophene rings is 1. The van der Waals surface area contributed by atoms with E-state index < -0.39 is 0 Å². The van der Waals surface area contributed by atoms with Crippen LogP contribution in [0.4, 0.5) is 0 Å². The molecule has 0 amide bonds. The smallest absolute Gasteiger partial charge is 0.133 e. The molecular weight excluding hydrogens is 246 g/mol. The van der Waals surface area contributed by atoms with E-state index in [0.717, 1.165) is 27.6 Å². The van der Waals surface area contributed by atoms with Crippen molar-refractivity contribution in [1.82, 2.24) is 5.53 Å². The number of hydrogen-bond donors (Lipinski definition) is 0. The molecule has 89 valence electrons. The standard InChI is InChI=1S/C13H10N3OS/c1-17-10-6-4-9(5-7-10)12-13(15-16-14-12)11-3-2-8-18-11/h2-8H,1H3. The Kier molecular flexibility index (Phi) is 2.82. The number of hydrogen-bond acceptors (Lipinski definition) is 4. The van der Waals surface area contributed by atoms with Crippen molar-refractivity contribution in [3.63, 3.8) is 0 Å². The van der Waals surface area contributed by atoms with E-state index in [1.807, 2.05) is 41.8 Å². The second-order valence-corrected chi connectivity index (χ2v) is 4.64. The predicted octanol–water partition coefficient (Wildman–Crippen LogP) is 2.48. The van der Waals surface area contributed by atoms with E-state index in [0.29, 0.717) is 0 Å². The summed E-state index contributed by atoms with van der Waals surface area (Å²) in [6.07, 6.45) is 0. The molecule has 0 aliphatic carbocycles. The predicted molar refractivity (Wildman–Crippen MR) is 72.5 cm³/mol. The van der Waals surface area contributed by atoms with E-state index in [4.69, 9.17) is 4.74 Å². The Morgan fingerprint density at radius 2 is 1.78 bits per heavy atom. The van der Waals surface area contributed by atoms with Gasteiger partial charge in [0.2, 0.25) is 0 Å². The number of rotatable bonds is 3. The van der Waals surface area contributed by atoms with E-state index >= 15 is 0 Å². The molecular formula is C13H10N3OS. The summed E-state index contributed by atoms with van der Waals surface area (Å²) >= 11 is 1.63. The van der Waals surface area contributed by atoms with E-state index in [2.05, 4.69) is 15.7 Å². The van der Waals surface area contributed by atoms with Crippen LogP contribution in [0.2, 0.25) is 0 Å². The van der Waals surface area contributed by atoms with E-state index in [9.17, 15) is 0 Å². The summed E-state index contributed by atoms with van der Waals surface area (Å²) in [4.78, 5) is 1.07. The van der Waals surface area contributed by atoms with Crippen molar-refractivity contribution in [3.05, 3.63) is 52.2 Å². The lowest BCUT2D eigenvalue weighted by Crippen LogP contribution is -2.12. The third kappa shape index (κ3) is 1.89. The van der Waals surface area contributed by atoms with Crippen LogP contribution in [0.1, 0.15) is 10.4 Å². The zero-order chi connectivity index (χ0) is 12.4. The Morgan fingerprint density at radius 3 is 2.44 bits per heavy atom. The summed E-state index contributed by atoms with van der Waals surface area (Å²) in [6, 6.07) is 11.7. The fourth-order valence-corrected chi connectivity index (χ4v) is 2.44. The normalized spacial score (nSPS) is 13.8. The molecule has 1 aromatic carbocycles. The van der Waals surface area contributed by atoms with Crippen molar-refractivity contribution in [2.45, 2.75) is 0 Å². The molecule has 3 rings (SSSR count). The van der Waals surface area contributed by atoms with Crippen molar-refractivity contribution in [3.8, 4) is 5.75 Å². The second kappa shape index (κ2) is 4.62. The van der Waals surface area contributed by atoms with Gasteiger partial charge in [-0.3, -0.25) is 0 Å². The third-order valence-corrected chi connectivity index (χ3v) is 3.51. The molecule has 4 nitrogen and oxygen atoms in total. The van der Waals surface area contributed by atoms with Gasteiger partial charge in [-0.05, 0) is 41.2 Å². The molecule has 0 spiro atoms. The summed E-state index contributed by atoms with van der Waals surface area (Å²) in [5, 5.41) is 10.2. The molecule has 18 heavy (non-hydrogen) atoms. The summed E-state index contributed by atoms with van der Waals surface area (Å²) in [6.45, 7) is 0. The molecule has 0 saturated heterocycles. The molecule has 1 aliphatic rings. The van der Waals surface area contributed by atoms with Crippen LogP contribution >= 0.6 is 11.3 Å². The zero-order valence-electron chi connectivity index (χ0n) is 9.70. The van der Waals surface area contributed by atoms with Crippen LogP contribution in [-0.4, -0.2) is 18.5 Å². The highest BCUT2D eigenvalue weighted by Crippen LogP contribution is 2.19. The zero-order valence-corrected chi connectivity index (χ0v) is 10.5. The van der Waals surface area contributed by atoms with Crippen LogP contribution < -0.4 is 10.3 Å². The van der Waals surface area contributed by atoms with Gasteiger partial charge in [-0.1, -0.05) is 6.07 Å². The highest BCUT2D eigenvalue weighted by Gasteiger charge is 2.20. The summed E-state index contributed by atoms with van der Waals surface area (Å²) < 4.78 is 5.14. The Labute approximate surface area is 109 Å². The first-order valence-corrected chi connectivity index (χ1v) is 6.31. The lowest BCUT2D eigenvalue weighted by atomic mass is 10.1. The first kappa shape index (κ1) is 11.0. The SMILES string of the molecule is COc1ccc(C2=N[N]N=C2c2cccs2)cc1.